The highest BCUT2D eigenvalue weighted by atomic mass is 19.3. The van der Waals surface area contributed by atoms with Gasteiger partial charge in [0.2, 0.25) is 0 Å². The Bertz CT molecular complexity index is 476. The van der Waals surface area contributed by atoms with Crippen LogP contribution in [0.2, 0.25) is 0 Å². The molecule has 0 saturated heterocycles. The van der Waals surface area contributed by atoms with Gasteiger partial charge in [-0.25, -0.2) is 13.6 Å². The van der Waals surface area contributed by atoms with Gasteiger partial charge in [-0.05, 0) is 13.0 Å². The lowest BCUT2D eigenvalue weighted by molar-refractivity contribution is -0.153. The van der Waals surface area contributed by atoms with E-state index in [4.69, 9.17) is 9.47 Å². The number of esters is 1. The molecule has 0 heterocycles. The van der Waals surface area contributed by atoms with Crippen LogP contribution in [0.1, 0.15) is 30.6 Å². The molecule has 0 saturated carbocycles. The van der Waals surface area contributed by atoms with E-state index in [1.165, 1.54) is 20.3 Å². The van der Waals surface area contributed by atoms with Crippen LogP contribution in [0.4, 0.5) is 8.78 Å². The number of ether oxygens (including phenoxy) is 3. The Hall–Kier alpha value is -1.89. The third-order valence-corrected chi connectivity index (χ3v) is 2.62. The van der Waals surface area contributed by atoms with E-state index >= 15 is 0 Å². The zero-order chi connectivity index (χ0) is 15.3. The monoisotopic (exact) mass is 290 g/mol. The number of hydrogen-bond donors (Lipinski definition) is 1. The summed E-state index contributed by atoms with van der Waals surface area (Å²) in [5, 5.41) is 9.86. The van der Waals surface area contributed by atoms with E-state index in [9.17, 15) is 18.7 Å². The van der Waals surface area contributed by atoms with Gasteiger partial charge in [0.25, 0.3) is 6.43 Å². The lowest BCUT2D eigenvalue weighted by Crippen LogP contribution is -2.16. The van der Waals surface area contributed by atoms with Gasteiger partial charge in [0.1, 0.15) is 11.5 Å². The molecule has 1 aromatic rings. The van der Waals surface area contributed by atoms with E-state index in [1.807, 2.05) is 0 Å². The standard InChI is InChI=1S/C13H16F2O5/c1-4-20-13(17)11(16)7-5-8(12(14)15)10(19-3)6-9(7)18-2/h5-6,11-12,16H,4H2,1-3H3. The van der Waals surface area contributed by atoms with Crippen LogP contribution in [0.15, 0.2) is 12.1 Å². The first-order valence-electron chi connectivity index (χ1n) is 5.84. The summed E-state index contributed by atoms with van der Waals surface area (Å²) >= 11 is 0. The molecule has 112 valence electrons. The van der Waals surface area contributed by atoms with Gasteiger partial charge >= 0.3 is 5.97 Å². The van der Waals surface area contributed by atoms with E-state index < -0.39 is 24.1 Å². The Kier molecular flexibility index (Phi) is 5.69. The zero-order valence-electron chi connectivity index (χ0n) is 11.4. The molecule has 0 aliphatic carbocycles. The van der Waals surface area contributed by atoms with E-state index in [2.05, 4.69) is 4.74 Å². The predicted octanol–water partition coefficient (Wildman–Crippen LogP) is 2.24. The van der Waals surface area contributed by atoms with Crippen LogP contribution in [0.25, 0.3) is 0 Å². The molecular weight excluding hydrogens is 274 g/mol. The van der Waals surface area contributed by atoms with Crippen molar-refractivity contribution in [2.45, 2.75) is 19.5 Å². The molecule has 0 radical (unpaired) electrons. The third kappa shape index (κ3) is 3.36. The number of carbonyl (C=O) groups is 1. The largest absolute Gasteiger partial charge is 0.496 e. The van der Waals surface area contributed by atoms with Crippen LogP contribution in [0.5, 0.6) is 11.5 Å². The maximum atomic E-state index is 12.9. The Morgan fingerprint density at radius 1 is 1.20 bits per heavy atom. The van der Waals surface area contributed by atoms with Crippen molar-refractivity contribution < 1.29 is 32.9 Å². The number of carbonyl (C=O) groups excluding carboxylic acids is 1. The molecule has 1 aromatic carbocycles. The zero-order valence-corrected chi connectivity index (χ0v) is 11.4. The van der Waals surface area contributed by atoms with E-state index in [0.717, 1.165) is 6.07 Å². The number of halogens is 2. The summed E-state index contributed by atoms with van der Waals surface area (Å²) in [5.74, 6) is -0.959. The van der Waals surface area contributed by atoms with Crippen LogP contribution in [0.3, 0.4) is 0 Å². The third-order valence-electron chi connectivity index (χ3n) is 2.62. The van der Waals surface area contributed by atoms with Gasteiger partial charge in [-0.15, -0.1) is 0 Å². The smallest absolute Gasteiger partial charge is 0.339 e. The second-order valence-corrected chi connectivity index (χ2v) is 3.79. The molecule has 5 nitrogen and oxygen atoms in total. The van der Waals surface area contributed by atoms with Crippen molar-refractivity contribution in [2.75, 3.05) is 20.8 Å². The van der Waals surface area contributed by atoms with E-state index in [0.29, 0.717) is 0 Å². The van der Waals surface area contributed by atoms with Crippen LogP contribution < -0.4 is 9.47 Å². The summed E-state index contributed by atoms with van der Waals surface area (Å²) in [6, 6.07) is 2.17. The first kappa shape index (κ1) is 16.2. The second-order valence-electron chi connectivity index (χ2n) is 3.79. The summed E-state index contributed by atoms with van der Waals surface area (Å²) in [6.07, 6.45) is -4.52. The SMILES string of the molecule is CCOC(=O)C(O)c1cc(C(F)F)c(OC)cc1OC. The molecule has 0 amide bonds. The van der Waals surface area contributed by atoms with Gasteiger partial charge in [0, 0.05) is 11.6 Å². The molecule has 0 aliphatic heterocycles. The molecule has 0 aliphatic rings. The fourth-order valence-electron chi connectivity index (χ4n) is 1.68. The minimum Gasteiger partial charge on any atom is -0.496 e. The molecule has 1 unspecified atom stereocenters. The van der Waals surface area contributed by atoms with Crippen LogP contribution in [0, 0.1) is 0 Å². The molecule has 1 rings (SSSR count). The maximum Gasteiger partial charge on any atom is 0.339 e. The highest BCUT2D eigenvalue weighted by Gasteiger charge is 2.26. The Morgan fingerprint density at radius 3 is 2.20 bits per heavy atom. The van der Waals surface area contributed by atoms with Crippen molar-refractivity contribution in [1.29, 1.82) is 0 Å². The normalized spacial score (nSPS) is 12.2. The molecule has 7 heteroatoms. The van der Waals surface area contributed by atoms with Crippen LogP contribution in [-0.4, -0.2) is 31.9 Å². The average molecular weight is 290 g/mol. The fourth-order valence-corrected chi connectivity index (χ4v) is 1.68. The fraction of sp³-hybridized carbons (Fsp3) is 0.462. The molecule has 0 bridgehead atoms. The Morgan fingerprint density at radius 2 is 1.75 bits per heavy atom. The molecule has 0 spiro atoms. The van der Waals surface area contributed by atoms with Crippen molar-refractivity contribution >= 4 is 5.97 Å². The molecule has 0 fully saturated rings. The van der Waals surface area contributed by atoms with Crippen LogP contribution in [-0.2, 0) is 9.53 Å². The summed E-state index contributed by atoms with van der Waals surface area (Å²) in [5.41, 5.74) is -0.534. The molecule has 0 aromatic heterocycles. The summed E-state index contributed by atoms with van der Waals surface area (Å²) < 4.78 is 40.3. The Balaban J connectivity index is 3.30. The van der Waals surface area contributed by atoms with Gasteiger partial charge in [0.15, 0.2) is 6.10 Å². The first-order valence-corrected chi connectivity index (χ1v) is 5.84. The summed E-state index contributed by atoms with van der Waals surface area (Å²) in [7, 11) is 2.53. The minimum atomic E-state index is -2.82. The maximum absolute atomic E-state index is 12.9. The first-order chi connectivity index (χ1) is 9.46. The molecule has 1 atom stereocenters. The number of benzene rings is 1. The number of methoxy groups -OCH3 is 2. The van der Waals surface area contributed by atoms with Crippen molar-refractivity contribution in [3.8, 4) is 11.5 Å². The molecular formula is C13H16F2O5. The number of hydrogen-bond acceptors (Lipinski definition) is 5. The average Bonchev–Trinajstić information content (AvgIpc) is 2.44. The Labute approximate surface area is 115 Å². The topological polar surface area (TPSA) is 65.0 Å². The number of aliphatic hydroxyl groups excluding tert-OH is 1. The van der Waals surface area contributed by atoms with Crippen molar-refractivity contribution in [3.63, 3.8) is 0 Å². The summed E-state index contributed by atoms with van der Waals surface area (Å²) in [4.78, 5) is 11.5. The number of alkyl halides is 2. The highest BCUT2D eigenvalue weighted by Crippen LogP contribution is 2.37. The lowest BCUT2D eigenvalue weighted by Gasteiger charge is -2.17. The molecule has 20 heavy (non-hydrogen) atoms. The van der Waals surface area contributed by atoms with Gasteiger partial charge in [-0.3, -0.25) is 0 Å². The van der Waals surface area contributed by atoms with Gasteiger partial charge in [-0.1, -0.05) is 0 Å². The van der Waals surface area contributed by atoms with Gasteiger partial charge in [-0.2, -0.15) is 0 Å². The van der Waals surface area contributed by atoms with Gasteiger partial charge < -0.3 is 19.3 Å². The van der Waals surface area contributed by atoms with Gasteiger partial charge in [0.05, 0.1) is 26.4 Å². The van der Waals surface area contributed by atoms with E-state index in [1.54, 1.807) is 6.92 Å². The van der Waals surface area contributed by atoms with E-state index in [-0.39, 0.29) is 23.7 Å². The second kappa shape index (κ2) is 7.04. The minimum absolute atomic E-state index is 0.0619. The number of rotatable bonds is 6. The quantitative estimate of drug-likeness (QED) is 0.814. The predicted molar refractivity (Wildman–Crippen MR) is 66.1 cm³/mol. The van der Waals surface area contributed by atoms with Crippen molar-refractivity contribution in [3.05, 3.63) is 23.3 Å². The molecule has 1 N–H and O–H groups in total. The lowest BCUT2D eigenvalue weighted by atomic mass is 10.0. The summed E-state index contributed by atoms with van der Waals surface area (Å²) in [6.45, 7) is 1.64. The van der Waals surface area contributed by atoms with Crippen LogP contribution >= 0.6 is 0 Å². The van der Waals surface area contributed by atoms with Crippen molar-refractivity contribution in [1.82, 2.24) is 0 Å². The van der Waals surface area contributed by atoms with Crippen molar-refractivity contribution in [2.24, 2.45) is 0 Å². The highest BCUT2D eigenvalue weighted by molar-refractivity contribution is 5.77. The number of aliphatic hydroxyl groups is 1.